The predicted molar refractivity (Wildman–Crippen MR) is 86.0 cm³/mol. The van der Waals surface area contributed by atoms with Crippen LogP contribution in [0, 0.1) is 6.92 Å². The Kier molecular flexibility index (Phi) is 5.29. The maximum Gasteiger partial charge on any atom is 0.0588 e. The molecule has 0 saturated carbocycles. The molecule has 20 heavy (non-hydrogen) atoms. The third-order valence-corrected chi connectivity index (χ3v) is 4.60. The van der Waals surface area contributed by atoms with Crippen molar-refractivity contribution in [3.8, 4) is 0 Å². The highest BCUT2D eigenvalue weighted by Gasteiger charge is 2.22. The van der Waals surface area contributed by atoms with Crippen molar-refractivity contribution < 1.29 is 0 Å². The molecule has 0 aromatic carbocycles. The Labute approximate surface area is 125 Å². The van der Waals surface area contributed by atoms with Gasteiger partial charge in [-0.05, 0) is 57.1 Å². The summed E-state index contributed by atoms with van der Waals surface area (Å²) in [6.07, 6.45) is 4.72. The second-order valence-electron chi connectivity index (χ2n) is 5.34. The zero-order chi connectivity index (χ0) is 14.5. The van der Waals surface area contributed by atoms with Crippen LogP contribution in [-0.4, -0.2) is 29.5 Å². The van der Waals surface area contributed by atoms with Crippen molar-refractivity contribution in [2.24, 2.45) is 5.73 Å². The summed E-state index contributed by atoms with van der Waals surface area (Å²) in [7, 11) is 2.16. The second-order valence-corrected chi connectivity index (χ2v) is 6.66. The van der Waals surface area contributed by atoms with E-state index in [2.05, 4.69) is 55.0 Å². The maximum absolute atomic E-state index is 6.20. The molecule has 2 aromatic rings. The lowest BCUT2D eigenvalue weighted by atomic mass is 10.1. The van der Waals surface area contributed by atoms with Crippen molar-refractivity contribution in [3.63, 3.8) is 0 Å². The van der Waals surface area contributed by atoms with Gasteiger partial charge in [-0.15, -0.1) is 11.3 Å². The van der Waals surface area contributed by atoms with Crippen LogP contribution >= 0.6 is 11.3 Å². The Morgan fingerprint density at radius 1 is 1.25 bits per heavy atom. The van der Waals surface area contributed by atoms with Gasteiger partial charge in [-0.3, -0.25) is 9.88 Å². The predicted octanol–water partition coefficient (Wildman–Crippen LogP) is 3.01. The van der Waals surface area contributed by atoms with Gasteiger partial charge in [0.2, 0.25) is 0 Å². The average molecular weight is 289 g/mol. The van der Waals surface area contributed by atoms with Gasteiger partial charge in [0, 0.05) is 34.7 Å². The number of pyridine rings is 1. The molecular formula is C16H23N3S. The van der Waals surface area contributed by atoms with E-state index in [1.165, 1.54) is 15.3 Å². The standard InChI is InChI=1S/C16H23N3S/c1-12-4-5-15(20-12)16(13(2)17)19(3)11-8-14-6-9-18-10-7-14/h4-7,9-10,13,16H,8,11,17H2,1-3H3. The number of likely N-dealkylation sites (N-methyl/N-ethyl adjacent to an activating group) is 1. The van der Waals surface area contributed by atoms with Crippen LogP contribution in [0.5, 0.6) is 0 Å². The largest absolute Gasteiger partial charge is 0.326 e. The number of hydrogen-bond acceptors (Lipinski definition) is 4. The van der Waals surface area contributed by atoms with Crippen LogP contribution in [0.2, 0.25) is 0 Å². The summed E-state index contributed by atoms with van der Waals surface area (Å²) in [6, 6.07) is 8.93. The zero-order valence-electron chi connectivity index (χ0n) is 12.4. The van der Waals surface area contributed by atoms with Crippen LogP contribution in [0.3, 0.4) is 0 Å². The summed E-state index contributed by atoms with van der Waals surface area (Å²) in [5.41, 5.74) is 7.52. The molecule has 0 spiro atoms. The molecule has 0 fully saturated rings. The van der Waals surface area contributed by atoms with E-state index in [4.69, 9.17) is 5.73 Å². The van der Waals surface area contributed by atoms with Crippen LogP contribution in [-0.2, 0) is 6.42 Å². The van der Waals surface area contributed by atoms with Gasteiger partial charge in [0.1, 0.15) is 0 Å². The second kappa shape index (κ2) is 6.97. The zero-order valence-corrected chi connectivity index (χ0v) is 13.2. The van der Waals surface area contributed by atoms with Gasteiger partial charge in [0.25, 0.3) is 0 Å². The van der Waals surface area contributed by atoms with E-state index in [1.807, 2.05) is 23.7 Å². The van der Waals surface area contributed by atoms with Gasteiger partial charge >= 0.3 is 0 Å². The molecule has 2 heterocycles. The maximum atomic E-state index is 6.20. The highest BCUT2D eigenvalue weighted by atomic mass is 32.1. The first kappa shape index (κ1) is 15.2. The summed E-state index contributed by atoms with van der Waals surface area (Å²) in [5.74, 6) is 0. The Hall–Kier alpha value is -1.23. The monoisotopic (exact) mass is 289 g/mol. The summed E-state index contributed by atoms with van der Waals surface area (Å²) in [6.45, 7) is 5.22. The molecular weight excluding hydrogens is 266 g/mol. The minimum absolute atomic E-state index is 0.121. The van der Waals surface area contributed by atoms with Gasteiger partial charge in [0.15, 0.2) is 0 Å². The molecule has 0 aliphatic heterocycles. The highest BCUT2D eigenvalue weighted by molar-refractivity contribution is 7.12. The molecule has 108 valence electrons. The first-order valence-electron chi connectivity index (χ1n) is 6.99. The smallest absolute Gasteiger partial charge is 0.0588 e. The van der Waals surface area contributed by atoms with E-state index < -0.39 is 0 Å². The van der Waals surface area contributed by atoms with E-state index in [-0.39, 0.29) is 12.1 Å². The molecule has 0 aliphatic carbocycles. The number of nitrogens with zero attached hydrogens (tertiary/aromatic N) is 2. The molecule has 2 unspecified atom stereocenters. The van der Waals surface area contributed by atoms with E-state index in [0.29, 0.717) is 0 Å². The lowest BCUT2D eigenvalue weighted by Gasteiger charge is -2.30. The number of aryl methyl sites for hydroxylation is 1. The molecule has 0 radical (unpaired) electrons. The van der Waals surface area contributed by atoms with E-state index in [1.54, 1.807) is 0 Å². The van der Waals surface area contributed by atoms with Gasteiger partial charge in [-0.1, -0.05) is 0 Å². The first-order chi connectivity index (χ1) is 9.58. The molecule has 3 nitrogen and oxygen atoms in total. The molecule has 2 rings (SSSR count). The molecule has 0 bridgehead atoms. The Bertz CT molecular complexity index is 522. The van der Waals surface area contributed by atoms with E-state index in [0.717, 1.165) is 13.0 Å². The fourth-order valence-corrected chi connectivity index (χ4v) is 3.64. The number of rotatable bonds is 6. The number of aromatic nitrogens is 1. The summed E-state index contributed by atoms with van der Waals surface area (Å²) < 4.78 is 0. The topological polar surface area (TPSA) is 42.1 Å². The summed E-state index contributed by atoms with van der Waals surface area (Å²) in [5, 5.41) is 0. The number of hydrogen-bond donors (Lipinski definition) is 1. The van der Waals surface area contributed by atoms with Crippen molar-refractivity contribution >= 4 is 11.3 Å². The van der Waals surface area contributed by atoms with Crippen molar-refractivity contribution in [1.82, 2.24) is 9.88 Å². The third kappa shape index (κ3) is 3.88. The van der Waals surface area contributed by atoms with Crippen LogP contribution in [0.15, 0.2) is 36.7 Å². The van der Waals surface area contributed by atoms with E-state index >= 15 is 0 Å². The fourth-order valence-electron chi connectivity index (χ4n) is 2.48. The van der Waals surface area contributed by atoms with Gasteiger partial charge < -0.3 is 5.73 Å². The summed E-state index contributed by atoms with van der Waals surface area (Å²) >= 11 is 1.84. The van der Waals surface area contributed by atoms with Crippen molar-refractivity contribution in [2.75, 3.05) is 13.6 Å². The lowest BCUT2D eigenvalue weighted by molar-refractivity contribution is 0.225. The van der Waals surface area contributed by atoms with Gasteiger partial charge in [0.05, 0.1) is 6.04 Å². The SMILES string of the molecule is Cc1ccc(C(C(C)N)N(C)CCc2ccncc2)s1. The Morgan fingerprint density at radius 3 is 2.50 bits per heavy atom. The minimum atomic E-state index is 0.121. The van der Waals surface area contributed by atoms with Crippen molar-refractivity contribution in [3.05, 3.63) is 52.0 Å². The van der Waals surface area contributed by atoms with E-state index in [9.17, 15) is 0 Å². The Balaban J connectivity index is 2.02. The molecule has 0 aliphatic rings. The quantitative estimate of drug-likeness (QED) is 0.889. The number of thiophene rings is 1. The summed E-state index contributed by atoms with van der Waals surface area (Å²) in [4.78, 5) is 9.11. The fraction of sp³-hybridized carbons (Fsp3) is 0.438. The Morgan fingerprint density at radius 2 is 1.95 bits per heavy atom. The van der Waals surface area contributed by atoms with Gasteiger partial charge in [-0.25, -0.2) is 0 Å². The molecule has 0 saturated heterocycles. The third-order valence-electron chi connectivity index (χ3n) is 3.53. The highest BCUT2D eigenvalue weighted by Crippen LogP contribution is 2.28. The van der Waals surface area contributed by atoms with Crippen molar-refractivity contribution in [2.45, 2.75) is 32.4 Å². The van der Waals surface area contributed by atoms with Crippen molar-refractivity contribution in [1.29, 1.82) is 0 Å². The van der Waals surface area contributed by atoms with Crippen LogP contribution in [0.4, 0.5) is 0 Å². The van der Waals surface area contributed by atoms with Gasteiger partial charge in [-0.2, -0.15) is 0 Å². The average Bonchev–Trinajstić information content (AvgIpc) is 2.83. The number of nitrogens with two attached hydrogens (primary N) is 1. The normalized spacial score (nSPS) is 14.4. The van der Waals surface area contributed by atoms with Crippen LogP contribution in [0.25, 0.3) is 0 Å². The molecule has 2 atom stereocenters. The van der Waals surface area contributed by atoms with Crippen LogP contribution in [0.1, 0.15) is 28.3 Å². The molecule has 2 aromatic heterocycles. The molecule has 0 amide bonds. The van der Waals surface area contributed by atoms with Crippen LogP contribution < -0.4 is 5.73 Å². The molecule has 2 N–H and O–H groups in total. The first-order valence-corrected chi connectivity index (χ1v) is 7.80. The lowest BCUT2D eigenvalue weighted by Crippen LogP contribution is -2.37. The minimum Gasteiger partial charge on any atom is -0.326 e. The molecule has 4 heteroatoms.